The number of rotatable bonds is 75. The summed E-state index contributed by atoms with van der Waals surface area (Å²) in [6, 6.07) is -1.19. The molecule has 0 rings (SSSR count). The molecular formula is C84H171N12O6+3. The average molecular weight is 1450 g/mol. The fraction of sp³-hybridized carbons (Fsp3) is 0.893. The number of hydrogen-bond donors (Lipinski definition) is 12. The number of amides is 3. The second-order valence-electron chi connectivity index (χ2n) is 29.7. The Balaban J connectivity index is -0.00000145. The third kappa shape index (κ3) is 79.3. The minimum Gasteiger partial charge on any atom is -0.346 e. The van der Waals surface area contributed by atoms with E-state index in [1.807, 2.05) is 13.8 Å². The van der Waals surface area contributed by atoms with Crippen LogP contribution in [0.3, 0.4) is 0 Å². The first-order chi connectivity index (χ1) is 49.5. The molecular weight excluding hydrogens is 1270 g/mol. The van der Waals surface area contributed by atoms with E-state index in [-0.39, 0.29) is 52.9 Å². The molecule has 0 saturated carbocycles. The Hall–Kier alpha value is -4.77. The number of hydrogen-bond acceptors (Lipinski definition) is 6. The van der Waals surface area contributed by atoms with Crippen molar-refractivity contribution in [2.45, 2.75) is 464 Å². The van der Waals surface area contributed by atoms with E-state index in [1.165, 1.54) is 270 Å². The monoisotopic (exact) mass is 1440 g/mol. The Labute approximate surface area is 627 Å². The smallest absolute Gasteiger partial charge is 0.338 e. The molecule has 0 aromatic heterocycles. The zero-order chi connectivity index (χ0) is 75.8. The number of ketones is 3. The van der Waals surface area contributed by atoms with Crippen LogP contribution in [0.25, 0.3) is 0 Å². The molecule has 0 aromatic rings. The molecule has 0 fully saturated rings. The molecule has 0 aromatic carbocycles. The lowest BCUT2D eigenvalue weighted by molar-refractivity contribution is -0.460. The molecule has 18 N–H and O–H groups in total. The first kappa shape index (κ1) is 101. The van der Waals surface area contributed by atoms with Crippen LogP contribution >= 0.6 is 0 Å². The first-order valence-electron chi connectivity index (χ1n) is 43.3. The molecule has 0 aliphatic heterocycles. The fourth-order valence-corrected chi connectivity index (χ4v) is 13.1. The summed E-state index contributed by atoms with van der Waals surface area (Å²) in [5.41, 5.74) is 32.4. The van der Waals surface area contributed by atoms with Gasteiger partial charge in [-0.15, -0.1) is 0 Å². The van der Waals surface area contributed by atoms with Gasteiger partial charge in [0.15, 0.2) is 17.3 Å². The third-order valence-electron chi connectivity index (χ3n) is 19.6. The second kappa shape index (κ2) is 81.9. The normalized spacial score (nSPS) is 11.8. The molecule has 0 heterocycles. The number of guanidine groups is 3. The summed E-state index contributed by atoms with van der Waals surface area (Å²) >= 11 is 0. The van der Waals surface area contributed by atoms with Gasteiger partial charge in [-0.3, -0.25) is 78.1 Å². The molecule has 3 unspecified atom stereocenters. The number of Topliss-reactive ketones (excluding diaryl/α,β-unsaturated/α-hetero) is 3. The summed E-state index contributed by atoms with van der Waals surface area (Å²) in [4.78, 5) is 82.8. The average Bonchev–Trinajstić information content (AvgIpc) is 1.00. The lowest BCUT2D eigenvalue weighted by Gasteiger charge is -2.17. The predicted molar refractivity (Wildman–Crippen MR) is 433 cm³/mol. The number of unbranched alkanes of at least 4 members (excludes halogenated alkanes) is 46. The SMILES string of the molecule is CCCCCCCCCCCCCCCCCC(=O)NC(CCC[NH+]=C(N)N)C(=O)CC.CCCCCCCCCCCCCCCCCC(=O)NC(CCC[NH+]=C(N)N)C(=O)CCC.CCCCCCCCCCCCCCCCCC(=O)NC(CCC[NH+]=C(N)N)C(=O)CCCCCCC. The largest absolute Gasteiger partial charge is 0.346 e. The Bertz CT molecular complexity index is 1990. The van der Waals surface area contributed by atoms with Gasteiger partial charge in [0.1, 0.15) is 0 Å². The van der Waals surface area contributed by atoms with Crippen molar-refractivity contribution in [3.05, 3.63) is 0 Å². The van der Waals surface area contributed by atoms with Crippen LogP contribution in [0, 0.1) is 0 Å². The highest BCUT2D eigenvalue weighted by Gasteiger charge is 2.22. The van der Waals surface area contributed by atoms with E-state index in [9.17, 15) is 28.8 Å². The fourth-order valence-electron chi connectivity index (χ4n) is 13.1. The van der Waals surface area contributed by atoms with Gasteiger partial charge in [-0.05, 0) is 70.6 Å². The summed E-state index contributed by atoms with van der Waals surface area (Å²) in [6.07, 6.45) is 72.5. The molecule has 18 heteroatoms. The molecule has 0 bridgehead atoms. The summed E-state index contributed by atoms with van der Waals surface area (Å²) in [7, 11) is 0. The van der Waals surface area contributed by atoms with Gasteiger partial charge in [0.05, 0.1) is 37.8 Å². The van der Waals surface area contributed by atoms with Gasteiger partial charge in [-0.1, -0.05) is 337 Å². The number of carbonyl (C=O) groups is 6. The van der Waals surface area contributed by atoms with Crippen LogP contribution in [0.2, 0.25) is 0 Å². The summed E-state index contributed by atoms with van der Waals surface area (Å²) in [6.45, 7) is 14.6. The van der Waals surface area contributed by atoms with Crippen molar-refractivity contribution in [3.63, 3.8) is 0 Å². The molecule has 3 atom stereocenters. The molecule has 600 valence electrons. The van der Waals surface area contributed by atoms with Gasteiger partial charge >= 0.3 is 17.9 Å². The minimum absolute atomic E-state index is 0.00277. The Morgan fingerprint density at radius 3 is 0.608 bits per heavy atom. The van der Waals surface area contributed by atoms with Crippen molar-refractivity contribution in [1.82, 2.24) is 16.0 Å². The summed E-state index contributed by atoms with van der Waals surface area (Å²) in [5.74, 6) is 0.913. The standard InChI is InChI=1S/C31H62N4O2.C27H54N4O2.C26H52N4O2/c1-3-5-7-9-10-11-12-13-14-15-16-17-18-20-22-26-30(37)35-28(24-23-27-34-31(32)33)29(36)25-21-19-8-6-4-2;1-3-5-6-7-8-9-10-11-12-13-14-15-16-17-18-22-26(33)31-24(25(32)20-4-2)21-19-23-30-27(28)29;1-3-5-6-7-8-9-10-11-12-13-14-15-16-17-18-21-25(32)30-23(24(31)4-2)20-19-22-29-26(27)28/h28H,3-27H2,1-2H3,(H,35,37)(H4,32,33,34);24H,3-23H2,1-2H3,(H,31,33)(H4,28,29,30);23H,3-22H2,1-2H3,(H,30,32)(H4,27,28,29)/p+3. The Morgan fingerprint density at radius 2 is 0.412 bits per heavy atom. The highest BCUT2D eigenvalue weighted by atomic mass is 16.2. The van der Waals surface area contributed by atoms with E-state index in [1.54, 1.807) is 0 Å². The highest BCUT2D eigenvalue weighted by Crippen LogP contribution is 2.19. The first-order valence-corrected chi connectivity index (χ1v) is 43.3. The van der Waals surface area contributed by atoms with Crippen molar-refractivity contribution >= 4 is 52.9 Å². The van der Waals surface area contributed by atoms with Crippen LogP contribution in [0.1, 0.15) is 446 Å². The zero-order valence-corrected chi connectivity index (χ0v) is 67.8. The van der Waals surface area contributed by atoms with Crippen molar-refractivity contribution < 1.29 is 43.7 Å². The molecule has 102 heavy (non-hydrogen) atoms. The van der Waals surface area contributed by atoms with Crippen LogP contribution in [0.15, 0.2) is 0 Å². The van der Waals surface area contributed by atoms with Gasteiger partial charge in [0.25, 0.3) is 0 Å². The molecule has 0 saturated heterocycles. The van der Waals surface area contributed by atoms with Crippen molar-refractivity contribution in [3.8, 4) is 0 Å². The lowest BCUT2D eigenvalue weighted by Crippen LogP contribution is -2.78. The van der Waals surface area contributed by atoms with Crippen LogP contribution in [0.5, 0.6) is 0 Å². The predicted octanol–water partition coefficient (Wildman–Crippen LogP) is 13.9. The maximum absolute atomic E-state index is 12.8. The summed E-state index contributed by atoms with van der Waals surface area (Å²) < 4.78 is 0. The molecule has 18 nitrogen and oxygen atoms in total. The van der Waals surface area contributed by atoms with Gasteiger partial charge in [0.2, 0.25) is 17.7 Å². The topological polar surface area (TPSA) is 337 Å². The van der Waals surface area contributed by atoms with Gasteiger partial charge < -0.3 is 16.0 Å². The third-order valence-corrected chi connectivity index (χ3v) is 19.6. The van der Waals surface area contributed by atoms with Crippen molar-refractivity contribution in [2.75, 3.05) is 19.6 Å². The highest BCUT2D eigenvalue weighted by molar-refractivity contribution is 5.90. The Morgan fingerprint density at radius 1 is 0.225 bits per heavy atom. The Kier molecular flexibility index (Phi) is 81.4. The maximum Gasteiger partial charge on any atom is 0.338 e. The lowest BCUT2D eigenvalue weighted by atomic mass is 10.00. The number of carbonyl (C=O) groups excluding carboxylic acids is 6. The molecule has 0 aliphatic rings. The maximum atomic E-state index is 12.8. The number of nitrogens with two attached hydrogens (primary N) is 6. The van der Waals surface area contributed by atoms with Gasteiger partial charge in [-0.2, -0.15) is 0 Å². The quantitative estimate of drug-likeness (QED) is 0.0154. The van der Waals surface area contributed by atoms with Gasteiger partial charge in [-0.25, -0.2) is 0 Å². The van der Waals surface area contributed by atoms with E-state index in [2.05, 4.69) is 58.6 Å². The van der Waals surface area contributed by atoms with E-state index in [4.69, 9.17) is 34.4 Å². The molecule has 0 aliphatic carbocycles. The molecule has 3 amide bonds. The number of nitrogens with one attached hydrogen (secondary N) is 6. The molecule has 0 spiro atoms. The van der Waals surface area contributed by atoms with E-state index in [0.29, 0.717) is 77.4 Å². The van der Waals surface area contributed by atoms with Crippen LogP contribution in [0.4, 0.5) is 0 Å². The van der Waals surface area contributed by atoms with Gasteiger partial charge in [0, 0.05) is 38.5 Å². The minimum atomic E-state index is -0.398. The van der Waals surface area contributed by atoms with E-state index < -0.39 is 18.1 Å². The van der Waals surface area contributed by atoms with Crippen molar-refractivity contribution in [2.24, 2.45) is 34.4 Å². The van der Waals surface area contributed by atoms with Crippen LogP contribution in [-0.4, -0.2) is 90.7 Å². The summed E-state index contributed by atoms with van der Waals surface area (Å²) in [5, 5.41) is 8.89. The second-order valence-corrected chi connectivity index (χ2v) is 29.7. The molecule has 0 radical (unpaired) electrons. The van der Waals surface area contributed by atoms with E-state index >= 15 is 0 Å². The van der Waals surface area contributed by atoms with Crippen molar-refractivity contribution in [1.29, 1.82) is 0 Å². The van der Waals surface area contributed by atoms with E-state index in [0.717, 1.165) is 77.0 Å². The van der Waals surface area contributed by atoms with Crippen LogP contribution in [-0.2, 0) is 28.8 Å². The van der Waals surface area contributed by atoms with Crippen LogP contribution < -0.4 is 65.3 Å². The zero-order valence-electron chi connectivity index (χ0n) is 67.8.